The van der Waals surface area contributed by atoms with Crippen LogP contribution in [0.1, 0.15) is 0 Å². The van der Waals surface area contributed by atoms with Gasteiger partial charge in [0, 0.05) is 10.8 Å². The molecule has 9 aromatic rings. The monoisotopic (exact) mass is 520 g/mol. The molecule has 1 aromatic heterocycles. The van der Waals surface area contributed by atoms with Crippen LogP contribution >= 0.6 is 0 Å². The van der Waals surface area contributed by atoms with Gasteiger partial charge in [-0.15, -0.1) is 0 Å². The molecule has 0 saturated carbocycles. The van der Waals surface area contributed by atoms with Crippen molar-refractivity contribution in [1.29, 1.82) is 0 Å². The van der Waals surface area contributed by atoms with Crippen molar-refractivity contribution in [2.45, 2.75) is 0 Å². The van der Waals surface area contributed by atoms with Crippen LogP contribution in [0.25, 0.3) is 87.3 Å². The Morgan fingerprint density at radius 3 is 1.12 bits per heavy atom. The van der Waals surface area contributed by atoms with E-state index in [1.54, 1.807) is 0 Å². The molecule has 0 spiro atoms. The standard InChI is InChI=1S/C40H24O/c1-3-7-25(8-4-1)27-11-13-29-17-35-23-39-37(21-33(35)19-31(29)15-27)38-22-34-20-32-16-28(26-9-5-2-6-10-26)12-14-30(32)18-36(34)24-40(38)41-39/h1-24H. The maximum atomic E-state index is 6.45. The zero-order valence-electron chi connectivity index (χ0n) is 22.3. The molecule has 0 fully saturated rings. The number of furan rings is 1. The lowest BCUT2D eigenvalue weighted by Crippen LogP contribution is -1.81. The molecule has 0 aliphatic heterocycles. The van der Waals surface area contributed by atoms with Crippen LogP contribution in [0, 0.1) is 0 Å². The SMILES string of the molecule is c1ccc(-c2ccc3cc4cc5oc6cc7cc8ccc(-c9ccccc9)cc8cc7cc6c5cc4cc3c2)cc1. The second-order valence-corrected chi connectivity index (χ2v) is 11.1. The number of rotatable bonds is 2. The molecule has 0 unspecified atom stereocenters. The van der Waals surface area contributed by atoms with Crippen molar-refractivity contribution < 1.29 is 4.42 Å². The molecule has 41 heavy (non-hydrogen) atoms. The molecule has 9 rings (SSSR count). The summed E-state index contributed by atoms with van der Waals surface area (Å²) in [6.07, 6.45) is 0. The lowest BCUT2D eigenvalue weighted by molar-refractivity contribution is 0.670. The second kappa shape index (κ2) is 8.55. The Morgan fingerprint density at radius 2 is 0.659 bits per heavy atom. The smallest absolute Gasteiger partial charge is 0.136 e. The summed E-state index contributed by atoms with van der Waals surface area (Å²) in [7, 11) is 0. The van der Waals surface area contributed by atoms with Crippen LogP contribution < -0.4 is 0 Å². The number of fused-ring (bicyclic) bond motifs is 7. The summed E-state index contributed by atoms with van der Waals surface area (Å²) in [5.41, 5.74) is 6.81. The van der Waals surface area contributed by atoms with E-state index in [4.69, 9.17) is 4.42 Å². The van der Waals surface area contributed by atoms with Crippen molar-refractivity contribution >= 4 is 65.0 Å². The minimum Gasteiger partial charge on any atom is -0.456 e. The molecule has 0 radical (unpaired) electrons. The molecule has 1 heteroatoms. The predicted octanol–water partition coefficient (Wildman–Crippen LogP) is 11.5. The summed E-state index contributed by atoms with van der Waals surface area (Å²) in [4.78, 5) is 0. The lowest BCUT2D eigenvalue weighted by Gasteiger charge is -2.07. The Balaban J connectivity index is 1.22. The van der Waals surface area contributed by atoms with Gasteiger partial charge in [-0.2, -0.15) is 0 Å². The van der Waals surface area contributed by atoms with Crippen LogP contribution in [0.3, 0.4) is 0 Å². The lowest BCUT2D eigenvalue weighted by atomic mass is 9.96. The summed E-state index contributed by atoms with van der Waals surface area (Å²) < 4.78 is 6.45. The molecule has 0 N–H and O–H groups in total. The third-order valence-electron chi connectivity index (χ3n) is 8.51. The Labute approximate surface area is 236 Å². The van der Waals surface area contributed by atoms with Gasteiger partial charge < -0.3 is 4.42 Å². The summed E-state index contributed by atoms with van der Waals surface area (Å²) >= 11 is 0. The van der Waals surface area contributed by atoms with Crippen molar-refractivity contribution in [2.24, 2.45) is 0 Å². The highest BCUT2D eigenvalue weighted by molar-refractivity contribution is 6.16. The van der Waals surface area contributed by atoms with Gasteiger partial charge in [0.1, 0.15) is 11.2 Å². The Bertz CT molecular complexity index is 2280. The molecule has 0 atom stereocenters. The third kappa shape index (κ3) is 3.63. The van der Waals surface area contributed by atoms with Crippen molar-refractivity contribution in [2.75, 3.05) is 0 Å². The van der Waals surface area contributed by atoms with Crippen LogP contribution in [0.2, 0.25) is 0 Å². The third-order valence-corrected chi connectivity index (χ3v) is 8.51. The van der Waals surface area contributed by atoms with Gasteiger partial charge in [-0.25, -0.2) is 0 Å². The molecule has 0 aliphatic carbocycles. The fourth-order valence-corrected chi connectivity index (χ4v) is 6.39. The normalized spacial score (nSPS) is 11.9. The van der Waals surface area contributed by atoms with Gasteiger partial charge in [0.15, 0.2) is 0 Å². The Kier molecular flexibility index (Phi) is 4.67. The first kappa shape index (κ1) is 22.4. The molecule has 0 aliphatic rings. The van der Waals surface area contributed by atoms with Gasteiger partial charge in [-0.3, -0.25) is 0 Å². The van der Waals surface area contributed by atoms with Gasteiger partial charge in [0.25, 0.3) is 0 Å². The first-order valence-electron chi connectivity index (χ1n) is 14.1. The number of benzene rings is 8. The van der Waals surface area contributed by atoms with Crippen molar-refractivity contribution in [3.8, 4) is 22.3 Å². The molecular formula is C40H24O. The first-order chi connectivity index (χ1) is 20.2. The van der Waals surface area contributed by atoms with Gasteiger partial charge in [-0.1, -0.05) is 84.9 Å². The number of hydrogen-bond acceptors (Lipinski definition) is 1. The fourth-order valence-electron chi connectivity index (χ4n) is 6.39. The molecule has 190 valence electrons. The minimum atomic E-state index is 0.930. The average molecular weight is 521 g/mol. The van der Waals surface area contributed by atoms with Crippen LogP contribution in [-0.4, -0.2) is 0 Å². The van der Waals surface area contributed by atoms with E-state index in [1.807, 2.05) is 0 Å². The predicted molar refractivity (Wildman–Crippen MR) is 175 cm³/mol. The molecular weight excluding hydrogens is 496 g/mol. The quantitative estimate of drug-likeness (QED) is 0.207. The second-order valence-electron chi connectivity index (χ2n) is 11.1. The van der Waals surface area contributed by atoms with Crippen LogP contribution in [0.5, 0.6) is 0 Å². The van der Waals surface area contributed by atoms with Gasteiger partial charge >= 0.3 is 0 Å². The first-order valence-corrected chi connectivity index (χ1v) is 14.1. The van der Waals surface area contributed by atoms with Gasteiger partial charge in [0.2, 0.25) is 0 Å². The van der Waals surface area contributed by atoms with E-state index in [-0.39, 0.29) is 0 Å². The molecule has 1 nitrogen and oxygen atoms in total. The molecule has 0 bridgehead atoms. The average Bonchev–Trinajstić information content (AvgIpc) is 3.36. The van der Waals surface area contributed by atoms with E-state index in [1.165, 1.54) is 65.3 Å². The van der Waals surface area contributed by atoms with E-state index in [2.05, 4.69) is 146 Å². The molecule has 0 amide bonds. The minimum absolute atomic E-state index is 0.930. The maximum Gasteiger partial charge on any atom is 0.136 e. The van der Waals surface area contributed by atoms with E-state index >= 15 is 0 Å². The topological polar surface area (TPSA) is 13.1 Å². The van der Waals surface area contributed by atoms with E-state index in [0.717, 1.165) is 21.9 Å². The van der Waals surface area contributed by atoms with E-state index in [0.29, 0.717) is 0 Å². The van der Waals surface area contributed by atoms with Crippen molar-refractivity contribution in [3.05, 3.63) is 146 Å². The Morgan fingerprint density at radius 1 is 0.268 bits per heavy atom. The Hall–Kier alpha value is -5.40. The van der Waals surface area contributed by atoms with Gasteiger partial charge in [0.05, 0.1) is 0 Å². The summed E-state index contributed by atoms with van der Waals surface area (Å²) in [5, 5.41) is 12.1. The summed E-state index contributed by atoms with van der Waals surface area (Å²) in [6.45, 7) is 0. The van der Waals surface area contributed by atoms with E-state index < -0.39 is 0 Å². The molecule has 1 heterocycles. The van der Waals surface area contributed by atoms with Crippen LogP contribution in [0.4, 0.5) is 0 Å². The zero-order chi connectivity index (χ0) is 26.9. The highest BCUT2D eigenvalue weighted by Crippen LogP contribution is 2.38. The van der Waals surface area contributed by atoms with Crippen LogP contribution in [0.15, 0.2) is 150 Å². The molecule has 8 aromatic carbocycles. The highest BCUT2D eigenvalue weighted by Gasteiger charge is 2.12. The van der Waals surface area contributed by atoms with Crippen molar-refractivity contribution in [1.82, 2.24) is 0 Å². The van der Waals surface area contributed by atoms with Crippen LogP contribution in [-0.2, 0) is 0 Å². The summed E-state index contributed by atoms with van der Waals surface area (Å²) in [5.74, 6) is 0. The zero-order valence-corrected chi connectivity index (χ0v) is 22.3. The highest BCUT2D eigenvalue weighted by atomic mass is 16.3. The van der Waals surface area contributed by atoms with Gasteiger partial charge in [-0.05, 0) is 126 Å². The fraction of sp³-hybridized carbons (Fsp3) is 0. The molecule has 0 saturated heterocycles. The number of hydrogen-bond donors (Lipinski definition) is 0. The van der Waals surface area contributed by atoms with Crippen molar-refractivity contribution in [3.63, 3.8) is 0 Å². The van der Waals surface area contributed by atoms with E-state index in [9.17, 15) is 0 Å². The largest absolute Gasteiger partial charge is 0.456 e. The maximum absolute atomic E-state index is 6.45. The summed E-state index contributed by atoms with van der Waals surface area (Å²) in [6, 6.07) is 52.8.